The first-order valence-corrected chi connectivity index (χ1v) is 25.9. The van der Waals surface area contributed by atoms with Crippen LogP contribution in [-0.2, 0) is 23.7 Å². The van der Waals surface area contributed by atoms with Gasteiger partial charge in [-0.05, 0) is 12.8 Å². The fourth-order valence-corrected chi connectivity index (χ4v) is 8.69. The van der Waals surface area contributed by atoms with E-state index in [9.17, 15) is 45.6 Å². The Kier molecular flexibility index (Phi) is 34.7. The molecule has 0 aliphatic carbocycles. The fraction of sp³-hybridized carbons (Fsp3) is 0.940. The summed E-state index contributed by atoms with van der Waals surface area (Å²) in [6.45, 7) is 2.63. The summed E-state index contributed by atoms with van der Waals surface area (Å²) < 4.78 is 22.5. The predicted molar refractivity (Wildman–Crippen MR) is 249 cm³/mol. The minimum Gasteiger partial charge on any atom is -0.394 e. The molecule has 2 rings (SSSR count). The highest BCUT2D eigenvalue weighted by Crippen LogP contribution is 2.30. The number of hydrogen-bond acceptors (Lipinski definition) is 13. The summed E-state index contributed by atoms with van der Waals surface area (Å²) in [5.74, 6) is -0.245. The van der Waals surface area contributed by atoms with Gasteiger partial charge in [-0.1, -0.05) is 199 Å². The molecule has 0 aromatic heterocycles. The number of nitrogens with one attached hydrogen (secondary N) is 1. The van der Waals surface area contributed by atoms with Gasteiger partial charge in [-0.2, -0.15) is 0 Å². The molecule has 2 heterocycles. The average Bonchev–Trinajstić information content (AvgIpc) is 3.29. The van der Waals surface area contributed by atoms with E-state index in [1.54, 1.807) is 6.08 Å². The largest absolute Gasteiger partial charge is 0.394 e. The van der Waals surface area contributed by atoms with Crippen LogP contribution in [0.4, 0.5) is 0 Å². The molecule has 0 aromatic rings. The molecule has 12 atom stereocenters. The maximum absolute atomic E-state index is 13.0. The van der Waals surface area contributed by atoms with Gasteiger partial charge in [-0.3, -0.25) is 4.79 Å². The smallest absolute Gasteiger partial charge is 0.220 e. The lowest BCUT2D eigenvalue weighted by atomic mass is 9.97. The first-order valence-electron chi connectivity index (χ1n) is 25.9. The maximum atomic E-state index is 13.0. The molecule has 0 aromatic carbocycles. The number of unbranched alkanes of at least 4 members (excludes halogenated alkanes) is 27. The van der Waals surface area contributed by atoms with Crippen LogP contribution in [0.3, 0.4) is 0 Å². The van der Waals surface area contributed by atoms with Gasteiger partial charge in [0.05, 0.1) is 32.0 Å². The Balaban J connectivity index is 1.60. The zero-order valence-electron chi connectivity index (χ0n) is 40.0. The molecule has 9 N–H and O–H groups in total. The van der Waals surface area contributed by atoms with E-state index in [2.05, 4.69) is 19.2 Å². The van der Waals surface area contributed by atoms with Gasteiger partial charge in [-0.15, -0.1) is 0 Å². The first-order chi connectivity index (χ1) is 31.1. The molecule has 2 aliphatic rings. The highest BCUT2D eigenvalue weighted by atomic mass is 16.7. The van der Waals surface area contributed by atoms with Crippen molar-refractivity contribution in [2.45, 2.75) is 280 Å². The topological polar surface area (TPSA) is 228 Å². The first kappa shape index (κ1) is 58.9. The second kappa shape index (κ2) is 37.7. The number of aliphatic hydroxyl groups is 8. The Morgan fingerprint density at radius 1 is 0.547 bits per heavy atom. The third kappa shape index (κ3) is 24.7. The van der Waals surface area contributed by atoms with Crippen molar-refractivity contribution in [2.75, 3.05) is 19.8 Å². The standard InChI is InChI=1S/C50H95NO13/c1-3-5-7-9-10-11-12-13-14-15-16-17-18-19-20-21-22-23-24-25-26-27-28-29-30-32-34-42(55)51-38(39(54)33-31-8-6-4-2)37-61-49-47(60)45(58)48(41(36-53)63-49)64-50-46(59)44(57)43(56)40(35-52)62-50/h31,33,38-41,43-50,52-54,56-60H,3-30,32,34-37H2,1-2H3,(H,51,55)/b33-31+. The van der Waals surface area contributed by atoms with Crippen molar-refractivity contribution < 1.29 is 64.6 Å². The number of amides is 1. The zero-order chi connectivity index (χ0) is 46.8. The van der Waals surface area contributed by atoms with Crippen molar-refractivity contribution in [2.24, 2.45) is 0 Å². The molecule has 64 heavy (non-hydrogen) atoms. The van der Waals surface area contributed by atoms with Crippen molar-refractivity contribution >= 4 is 5.91 Å². The fourth-order valence-electron chi connectivity index (χ4n) is 8.69. The molecule has 14 heteroatoms. The molecule has 2 saturated heterocycles. The number of carbonyl (C=O) groups excluding carboxylic acids is 1. The van der Waals surface area contributed by atoms with Crippen LogP contribution in [0.25, 0.3) is 0 Å². The SMILES string of the molecule is CCCC/C=C/C(O)C(COC1OC(CO)C(OC2OC(CO)C(O)C(O)C2O)C(O)C1O)NC(=O)CCCCCCCCCCCCCCCCCCCCCCCCCCCC. The average molecular weight is 918 g/mol. The van der Waals surface area contributed by atoms with E-state index in [0.29, 0.717) is 6.42 Å². The Morgan fingerprint density at radius 2 is 0.969 bits per heavy atom. The molecule has 0 spiro atoms. The van der Waals surface area contributed by atoms with Crippen LogP contribution in [0, 0.1) is 0 Å². The van der Waals surface area contributed by atoms with Gasteiger partial charge in [0.2, 0.25) is 5.91 Å². The third-order valence-corrected chi connectivity index (χ3v) is 13.0. The summed E-state index contributed by atoms with van der Waals surface area (Å²) in [6.07, 6.45) is 23.6. The Morgan fingerprint density at radius 3 is 1.42 bits per heavy atom. The molecule has 0 saturated carbocycles. The molecular weight excluding hydrogens is 823 g/mol. The molecule has 0 radical (unpaired) electrons. The van der Waals surface area contributed by atoms with Gasteiger partial charge >= 0.3 is 0 Å². The van der Waals surface area contributed by atoms with Crippen molar-refractivity contribution in [3.63, 3.8) is 0 Å². The van der Waals surface area contributed by atoms with Crippen LogP contribution in [0.1, 0.15) is 206 Å². The van der Waals surface area contributed by atoms with E-state index in [1.807, 2.05) is 6.08 Å². The van der Waals surface area contributed by atoms with Crippen molar-refractivity contribution in [3.05, 3.63) is 12.2 Å². The summed E-state index contributed by atoms with van der Waals surface area (Å²) in [7, 11) is 0. The molecule has 2 aliphatic heterocycles. The van der Waals surface area contributed by atoms with E-state index in [0.717, 1.165) is 38.5 Å². The number of aliphatic hydroxyl groups excluding tert-OH is 8. The van der Waals surface area contributed by atoms with E-state index in [4.69, 9.17) is 18.9 Å². The number of carbonyl (C=O) groups is 1. The van der Waals surface area contributed by atoms with Crippen LogP contribution in [0.5, 0.6) is 0 Å². The summed E-state index contributed by atoms with van der Waals surface area (Å²) in [6, 6.07) is -0.905. The molecule has 1 amide bonds. The van der Waals surface area contributed by atoms with Crippen molar-refractivity contribution in [1.29, 1.82) is 0 Å². The van der Waals surface area contributed by atoms with Gasteiger partial charge in [0.15, 0.2) is 12.6 Å². The maximum Gasteiger partial charge on any atom is 0.220 e. The molecule has 12 unspecified atom stereocenters. The number of allylic oxidation sites excluding steroid dienone is 1. The molecule has 14 nitrogen and oxygen atoms in total. The van der Waals surface area contributed by atoms with E-state index < -0.39 is 86.8 Å². The van der Waals surface area contributed by atoms with Gasteiger partial charge in [0.25, 0.3) is 0 Å². The zero-order valence-corrected chi connectivity index (χ0v) is 40.0. The summed E-state index contributed by atoms with van der Waals surface area (Å²) in [5.41, 5.74) is 0. The quantitative estimate of drug-likeness (QED) is 0.0229. The Labute approximate surface area is 386 Å². The Hall–Kier alpha value is -1.27. The number of hydrogen-bond donors (Lipinski definition) is 9. The molecule has 0 bridgehead atoms. The van der Waals surface area contributed by atoms with E-state index in [-0.39, 0.29) is 18.9 Å². The van der Waals surface area contributed by atoms with Gasteiger partial charge in [0, 0.05) is 6.42 Å². The summed E-state index contributed by atoms with van der Waals surface area (Å²) >= 11 is 0. The minimum atomic E-state index is -1.78. The number of ether oxygens (including phenoxy) is 4. The van der Waals surface area contributed by atoms with Crippen LogP contribution < -0.4 is 5.32 Å². The third-order valence-electron chi connectivity index (χ3n) is 13.0. The van der Waals surface area contributed by atoms with Crippen LogP contribution in [0.2, 0.25) is 0 Å². The van der Waals surface area contributed by atoms with Gasteiger partial charge < -0.3 is 65.1 Å². The van der Waals surface area contributed by atoms with Gasteiger partial charge in [0.1, 0.15) is 48.8 Å². The normalized spacial score (nSPS) is 27.3. The van der Waals surface area contributed by atoms with Crippen molar-refractivity contribution in [3.8, 4) is 0 Å². The second-order valence-electron chi connectivity index (χ2n) is 18.7. The lowest BCUT2D eigenvalue weighted by molar-refractivity contribution is -0.359. The predicted octanol–water partition coefficient (Wildman–Crippen LogP) is 6.77. The summed E-state index contributed by atoms with van der Waals surface area (Å²) in [4.78, 5) is 13.0. The van der Waals surface area contributed by atoms with Crippen LogP contribution in [0.15, 0.2) is 12.2 Å². The Bertz CT molecular complexity index is 1130. The van der Waals surface area contributed by atoms with Crippen molar-refractivity contribution in [1.82, 2.24) is 5.32 Å². The van der Waals surface area contributed by atoms with Crippen LogP contribution >= 0.6 is 0 Å². The summed E-state index contributed by atoms with van der Waals surface area (Å²) in [5, 5.41) is 86.0. The molecule has 2 fully saturated rings. The monoisotopic (exact) mass is 918 g/mol. The van der Waals surface area contributed by atoms with E-state index >= 15 is 0 Å². The van der Waals surface area contributed by atoms with E-state index in [1.165, 1.54) is 141 Å². The highest BCUT2D eigenvalue weighted by Gasteiger charge is 2.51. The minimum absolute atomic E-state index is 0.245. The lowest BCUT2D eigenvalue weighted by Gasteiger charge is -2.46. The highest BCUT2D eigenvalue weighted by molar-refractivity contribution is 5.76. The van der Waals surface area contributed by atoms with Crippen LogP contribution in [-0.4, -0.2) is 140 Å². The number of rotatable bonds is 40. The van der Waals surface area contributed by atoms with Gasteiger partial charge in [-0.25, -0.2) is 0 Å². The lowest BCUT2D eigenvalue weighted by Crippen LogP contribution is -2.65. The molecular formula is C50H95NO13. The second-order valence-corrected chi connectivity index (χ2v) is 18.7. The molecule has 378 valence electrons.